The predicted octanol–water partition coefficient (Wildman–Crippen LogP) is 3.72. The van der Waals surface area contributed by atoms with Crippen LogP contribution in [0.15, 0.2) is 28.9 Å². The Morgan fingerprint density at radius 3 is 2.68 bits per heavy atom. The zero-order valence-electron chi connectivity index (χ0n) is 9.95. The van der Waals surface area contributed by atoms with E-state index in [1.165, 1.54) is 12.3 Å². The molecule has 2 rings (SSSR count). The number of aromatic nitrogens is 1. The van der Waals surface area contributed by atoms with Gasteiger partial charge in [-0.2, -0.15) is 4.39 Å². The number of halogens is 3. The molecule has 3 nitrogen and oxygen atoms in total. The molecule has 1 aromatic heterocycles. The van der Waals surface area contributed by atoms with E-state index in [0.717, 1.165) is 6.07 Å². The van der Waals surface area contributed by atoms with E-state index in [4.69, 9.17) is 9.84 Å². The monoisotopic (exact) mass is 329 g/mol. The van der Waals surface area contributed by atoms with Crippen LogP contribution in [0, 0.1) is 18.6 Å². The van der Waals surface area contributed by atoms with Crippen molar-refractivity contribution in [1.82, 2.24) is 4.98 Å². The van der Waals surface area contributed by atoms with Gasteiger partial charge in [-0.05, 0) is 19.1 Å². The fourth-order valence-electron chi connectivity index (χ4n) is 1.50. The second-order valence-corrected chi connectivity index (χ2v) is 4.81. The second kappa shape index (κ2) is 5.63. The van der Waals surface area contributed by atoms with Crippen LogP contribution in [0.2, 0.25) is 0 Å². The minimum absolute atomic E-state index is 0.242. The number of hydrogen-bond acceptors (Lipinski definition) is 3. The number of aryl methyl sites for hydroxylation is 1. The summed E-state index contributed by atoms with van der Waals surface area (Å²) in [4.78, 5) is 3.99. The molecular weight excluding hydrogens is 320 g/mol. The van der Waals surface area contributed by atoms with Gasteiger partial charge in [0.05, 0.1) is 6.61 Å². The zero-order valence-corrected chi connectivity index (χ0v) is 11.5. The summed E-state index contributed by atoms with van der Waals surface area (Å²) in [5.74, 6) is -2.11. The Hall–Kier alpha value is -1.53. The van der Waals surface area contributed by atoms with Crippen LogP contribution in [-0.2, 0) is 6.61 Å². The van der Waals surface area contributed by atoms with Crippen molar-refractivity contribution >= 4 is 15.9 Å². The summed E-state index contributed by atoms with van der Waals surface area (Å²) >= 11 is 3.06. The molecule has 6 heteroatoms. The van der Waals surface area contributed by atoms with Crippen LogP contribution in [0.4, 0.5) is 8.78 Å². The van der Waals surface area contributed by atoms with Gasteiger partial charge in [0.25, 0.3) is 0 Å². The first-order chi connectivity index (χ1) is 9.01. The van der Waals surface area contributed by atoms with Crippen molar-refractivity contribution in [3.63, 3.8) is 0 Å². The van der Waals surface area contributed by atoms with Crippen LogP contribution < -0.4 is 4.74 Å². The van der Waals surface area contributed by atoms with Crippen LogP contribution in [0.5, 0.6) is 11.5 Å². The molecule has 0 saturated heterocycles. The van der Waals surface area contributed by atoms with E-state index >= 15 is 0 Å². The van der Waals surface area contributed by atoms with Crippen LogP contribution in [0.1, 0.15) is 11.3 Å². The third-order valence-electron chi connectivity index (χ3n) is 2.43. The molecule has 100 valence electrons. The largest absolute Gasteiger partial charge is 0.454 e. The van der Waals surface area contributed by atoms with Gasteiger partial charge in [0.1, 0.15) is 5.75 Å². The molecule has 1 aromatic carbocycles. The summed E-state index contributed by atoms with van der Waals surface area (Å²) in [6.07, 6.45) is 1.43. The van der Waals surface area contributed by atoms with Gasteiger partial charge in [0.2, 0.25) is 5.82 Å². The molecule has 0 unspecified atom stereocenters. The summed E-state index contributed by atoms with van der Waals surface area (Å²) < 4.78 is 32.5. The Kier molecular flexibility index (Phi) is 4.11. The topological polar surface area (TPSA) is 42.4 Å². The fraction of sp³-hybridized carbons (Fsp3) is 0.154. The lowest BCUT2D eigenvalue weighted by molar-refractivity contribution is 0.275. The number of aliphatic hydroxyl groups excluding tert-OH is 1. The maximum absolute atomic E-state index is 13.6. The molecule has 19 heavy (non-hydrogen) atoms. The quantitative estimate of drug-likeness (QED) is 0.873. The summed E-state index contributed by atoms with van der Waals surface area (Å²) in [6.45, 7) is 1.42. The molecule has 0 bridgehead atoms. The molecule has 0 radical (unpaired) electrons. The molecule has 1 N–H and O–H groups in total. The average Bonchev–Trinajstić information content (AvgIpc) is 2.35. The molecule has 0 aliphatic rings. The highest BCUT2D eigenvalue weighted by atomic mass is 79.9. The minimum Gasteiger partial charge on any atom is -0.454 e. The van der Waals surface area contributed by atoms with Gasteiger partial charge >= 0.3 is 0 Å². The molecule has 0 spiro atoms. The Balaban J connectivity index is 2.44. The van der Waals surface area contributed by atoms with E-state index in [2.05, 4.69) is 20.9 Å². The lowest BCUT2D eigenvalue weighted by Gasteiger charge is -2.11. The lowest BCUT2D eigenvalue weighted by Crippen LogP contribution is -1.97. The van der Waals surface area contributed by atoms with Crippen molar-refractivity contribution < 1.29 is 18.6 Å². The van der Waals surface area contributed by atoms with E-state index in [0.29, 0.717) is 15.7 Å². The minimum atomic E-state index is -1.08. The highest BCUT2D eigenvalue weighted by molar-refractivity contribution is 9.10. The number of ether oxygens (including phenoxy) is 1. The summed E-state index contributed by atoms with van der Waals surface area (Å²) in [7, 11) is 0. The van der Waals surface area contributed by atoms with E-state index in [1.54, 1.807) is 13.0 Å². The van der Waals surface area contributed by atoms with Crippen LogP contribution in [0.3, 0.4) is 0 Å². The first kappa shape index (κ1) is 13.9. The Morgan fingerprint density at radius 2 is 2.00 bits per heavy atom. The van der Waals surface area contributed by atoms with Crippen molar-refractivity contribution in [2.75, 3.05) is 0 Å². The summed E-state index contributed by atoms with van der Waals surface area (Å²) in [5, 5.41) is 9.17. The number of benzene rings is 1. The normalized spacial score (nSPS) is 10.6. The average molecular weight is 330 g/mol. The molecular formula is C13H10BrF2NO2. The third-order valence-corrected chi connectivity index (χ3v) is 2.89. The third kappa shape index (κ3) is 3.08. The van der Waals surface area contributed by atoms with Crippen LogP contribution >= 0.6 is 15.9 Å². The molecule has 1 heterocycles. The predicted molar refractivity (Wildman–Crippen MR) is 69.0 cm³/mol. The van der Waals surface area contributed by atoms with Gasteiger partial charge in [-0.25, -0.2) is 4.39 Å². The SMILES string of the molecule is Cc1cc(Oc2cc(Br)cc(F)c2F)c(CO)cn1. The Labute approximate surface area is 117 Å². The van der Waals surface area contributed by atoms with Gasteiger partial charge in [0, 0.05) is 28.0 Å². The first-order valence-electron chi connectivity index (χ1n) is 5.40. The fourth-order valence-corrected chi connectivity index (χ4v) is 1.91. The second-order valence-electron chi connectivity index (χ2n) is 3.89. The van der Waals surface area contributed by atoms with Crippen molar-refractivity contribution in [2.24, 2.45) is 0 Å². The summed E-state index contributed by atoms with van der Waals surface area (Å²) in [6, 6.07) is 3.87. The van der Waals surface area contributed by atoms with Crippen molar-refractivity contribution in [1.29, 1.82) is 0 Å². The number of pyridine rings is 1. The Bertz CT molecular complexity index is 620. The van der Waals surface area contributed by atoms with Crippen LogP contribution in [-0.4, -0.2) is 10.1 Å². The van der Waals surface area contributed by atoms with Crippen molar-refractivity contribution in [2.45, 2.75) is 13.5 Å². The number of aliphatic hydroxyl groups is 1. The Morgan fingerprint density at radius 1 is 1.26 bits per heavy atom. The van der Waals surface area contributed by atoms with E-state index in [9.17, 15) is 8.78 Å². The lowest BCUT2D eigenvalue weighted by atomic mass is 10.2. The maximum atomic E-state index is 13.6. The van der Waals surface area contributed by atoms with Crippen molar-refractivity contribution in [3.05, 3.63) is 51.8 Å². The van der Waals surface area contributed by atoms with Gasteiger partial charge in [-0.15, -0.1) is 0 Å². The summed E-state index contributed by atoms with van der Waals surface area (Å²) in [5.41, 5.74) is 1.04. The molecule has 0 fully saturated rings. The number of hydrogen-bond donors (Lipinski definition) is 1. The highest BCUT2D eigenvalue weighted by Crippen LogP contribution is 2.31. The zero-order chi connectivity index (χ0) is 14.0. The van der Waals surface area contributed by atoms with E-state index in [1.807, 2.05) is 0 Å². The van der Waals surface area contributed by atoms with Crippen molar-refractivity contribution in [3.8, 4) is 11.5 Å². The molecule has 2 aromatic rings. The first-order valence-corrected chi connectivity index (χ1v) is 6.19. The van der Waals surface area contributed by atoms with E-state index < -0.39 is 11.6 Å². The number of rotatable bonds is 3. The van der Waals surface area contributed by atoms with E-state index in [-0.39, 0.29) is 18.1 Å². The molecule has 0 atom stereocenters. The maximum Gasteiger partial charge on any atom is 0.201 e. The standard InChI is InChI=1S/C13H10BrF2NO2/c1-7-2-11(8(6-18)5-17-7)19-12-4-9(14)3-10(15)13(12)16/h2-5,18H,6H2,1H3. The molecule has 0 aliphatic heterocycles. The van der Waals surface area contributed by atoms with Gasteiger partial charge in [0.15, 0.2) is 11.6 Å². The van der Waals surface area contributed by atoms with Gasteiger partial charge in [-0.1, -0.05) is 15.9 Å². The van der Waals surface area contributed by atoms with Crippen LogP contribution in [0.25, 0.3) is 0 Å². The molecule has 0 amide bonds. The molecule has 0 aliphatic carbocycles. The van der Waals surface area contributed by atoms with Gasteiger partial charge < -0.3 is 9.84 Å². The highest BCUT2D eigenvalue weighted by Gasteiger charge is 2.14. The smallest absolute Gasteiger partial charge is 0.201 e. The molecule has 0 saturated carbocycles. The van der Waals surface area contributed by atoms with Gasteiger partial charge in [-0.3, -0.25) is 4.98 Å². The number of nitrogens with zero attached hydrogens (tertiary/aromatic N) is 1.